The van der Waals surface area contributed by atoms with E-state index in [4.69, 9.17) is 29.4 Å². The van der Waals surface area contributed by atoms with Gasteiger partial charge in [0, 0.05) is 6.04 Å². The van der Waals surface area contributed by atoms with Crippen LogP contribution in [0.3, 0.4) is 0 Å². The number of hydrogen-bond donors (Lipinski definition) is 1. The largest absolute Gasteiger partial charge is 0.376 e. The minimum Gasteiger partial charge on any atom is -0.376 e. The van der Waals surface area contributed by atoms with Gasteiger partial charge in [-0.2, -0.15) is 0 Å². The lowest BCUT2D eigenvalue weighted by molar-refractivity contribution is -0.0799. The Morgan fingerprint density at radius 1 is 1.05 bits per heavy atom. The average Bonchev–Trinajstić information content (AvgIpc) is 3.34. The van der Waals surface area contributed by atoms with Gasteiger partial charge in [0.05, 0.1) is 45.7 Å². The molecule has 3 rings (SSSR count). The van der Waals surface area contributed by atoms with E-state index in [9.17, 15) is 0 Å². The SMILES string of the molecule is NC1CCC(OCC(COCC2CO2)OCC2CO2)C1. The fourth-order valence-corrected chi connectivity index (χ4v) is 2.42. The summed E-state index contributed by atoms with van der Waals surface area (Å²) in [5, 5.41) is 0. The normalized spacial score (nSPS) is 37.0. The Balaban J connectivity index is 1.33. The van der Waals surface area contributed by atoms with Crippen molar-refractivity contribution in [2.75, 3.05) is 39.6 Å². The molecule has 116 valence electrons. The molecule has 1 saturated carbocycles. The van der Waals surface area contributed by atoms with E-state index in [1.165, 1.54) is 0 Å². The zero-order valence-electron chi connectivity index (χ0n) is 11.9. The molecular formula is C14H25NO5. The van der Waals surface area contributed by atoms with Crippen molar-refractivity contribution in [3.05, 3.63) is 0 Å². The maximum absolute atomic E-state index is 5.90. The molecule has 20 heavy (non-hydrogen) atoms. The molecule has 2 heterocycles. The van der Waals surface area contributed by atoms with E-state index in [0.717, 1.165) is 32.5 Å². The molecule has 0 amide bonds. The average molecular weight is 287 g/mol. The molecule has 6 heteroatoms. The first kappa shape index (κ1) is 14.7. The molecule has 2 aliphatic heterocycles. The van der Waals surface area contributed by atoms with Crippen molar-refractivity contribution in [1.82, 2.24) is 0 Å². The second kappa shape index (κ2) is 7.15. The lowest BCUT2D eigenvalue weighted by atomic mass is 10.3. The number of nitrogens with two attached hydrogens (primary N) is 1. The van der Waals surface area contributed by atoms with Gasteiger partial charge in [-0.25, -0.2) is 0 Å². The fourth-order valence-electron chi connectivity index (χ4n) is 2.42. The molecule has 3 fully saturated rings. The first-order valence-electron chi connectivity index (χ1n) is 7.59. The number of ether oxygens (including phenoxy) is 5. The highest BCUT2D eigenvalue weighted by molar-refractivity contribution is 4.79. The molecule has 2 N–H and O–H groups in total. The van der Waals surface area contributed by atoms with Crippen LogP contribution in [0.1, 0.15) is 19.3 Å². The summed E-state index contributed by atoms with van der Waals surface area (Å²) < 4.78 is 27.6. The minimum atomic E-state index is -0.0326. The van der Waals surface area contributed by atoms with Crippen LogP contribution in [0.2, 0.25) is 0 Å². The molecule has 0 bridgehead atoms. The van der Waals surface area contributed by atoms with Crippen LogP contribution in [0.4, 0.5) is 0 Å². The highest BCUT2D eigenvalue weighted by Crippen LogP contribution is 2.21. The molecule has 0 radical (unpaired) electrons. The molecule has 5 atom stereocenters. The van der Waals surface area contributed by atoms with Crippen LogP contribution in [0.5, 0.6) is 0 Å². The topological polar surface area (TPSA) is 78.8 Å². The van der Waals surface area contributed by atoms with Gasteiger partial charge in [-0.3, -0.25) is 0 Å². The highest BCUT2D eigenvalue weighted by atomic mass is 16.6. The highest BCUT2D eigenvalue weighted by Gasteiger charge is 2.27. The van der Waals surface area contributed by atoms with Crippen LogP contribution < -0.4 is 5.73 Å². The summed E-state index contributed by atoms with van der Waals surface area (Å²) in [4.78, 5) is 0. The molecular weight excluding hydrogens is 262 g/mol. The van der Waals surface area contributed by atoms with Crippen LogP contribution >= 0.6 is 0 Å². The van der Waals surface area contributed by atoms with Gasteiger partial charge in [-0.05, 0) is 19.3 Å². The van der Waals surface area contributed by atoms with Crippen molar-refractivity contribution in [3.63, 3.8) is 0 Å². The van der Waals surface area contributed by atoms with Gasteiger partial charge in [-0.15, -0.1) is 0 Å². The maximum atomic E-state index is 5.90. The molecule has 5 unspecified atom stereocenters. The van der Waals surface area contributed by atoms with Crippen LogP contribution in [-0.2, 0) is 23.7 Å². The molecule has 0 aromatic rings. The summed E-state index contributed by atoms with van der Waals surface area (Å²) in [6, 6.07) is 0.294. The summed E-state index contributed by atoms with van der Waals surface area (Å²) in [5.74, 6) is 0. The van der Waals surface area contributed by atoms with Crippen LogP contribution in [0.25, 0.3) is 0 Å². The number of epoxide rings is 2. The van der Waals surface area contributed by atoms with Gasteiger partial charge < -0.3 is 29.4 Å². The van der Waals surface area contributed by atoms with Gasteiger partial charge in [0.2, 0.25) is 0 Å². The molecule has 0 spiro atoms. The summed E-state index contributed by atoms with van der Waals surface area (Å²) in [6.45, 7) is 4.01. The Labute approximate surface area is 119 Å². The van der Waals surface area contributed by atoms with E-state index in [0.29, 0.717) is 32.5 Å². The third-order valence-corrected chi connectivity index (χ3v) is 3.87. The predicted octanol–water partition coefficient (Wildman–Crippen LogP) is 0.0822. The second-order valence-corrected chi connectivity index (χ2v) is 5.93. The summed E-state index contributed by atoms with van der Waals surface area (Å²) in [7, 11) is 0. The molecule has 3 aliphatic rings. The zero-order chi connectivity index (χ0) is 13.8. The molecule has 6 nitrogen and oxygen atoms in total. The first-order chi connectivity index (χ1) is 9.79. The first-order valence-corrected chi connectivity index (χ1v) is 7.59. The molecule has 2 saturated heterocycles. The van der Waals surface area contributed by atoms with Crippen molar-refractivity contribution in [3.8, 4) is 0 Å². The van der Waals surface area contributed by atoms with Crippen molar-refractivity contribution in [2.24, 2.45) is 5.73 Å². The third kappa shape index (κ3) is 5.27. The summed E-state index contributed by atoms with van der Waals surface area (Å²) in [6.07, 6.45) is 3.86. The maximum Gasteiger partial charge on any atom is 0.104 e. The lowest BCUT2D eigenvalue weighted by Gasteiger charge is -2.20. The van der Waals surface area contributed by atoms with E-state index in [1.54, 1.807) is 0 Å². The number of rotatable bonds is 10. The Kier molecular flexibility index (Phi) is 5.25. The van der Waals surface area contributed by atoms with E-state index in [2.05, 4.69) is 0 Å². The monoisotopic (exact) mass is 287 g/mol. The molecule has 1 aliphatic carbocycles. The van der Waals surface area contributed by atoms with Crippen molar-refractivity contribution in [1.29, 1.82) is 0 Å². The third-order valence-electron chi connectivity index (χ3n) is 3.87. The van der Waals surface area contributed by atoms with Crippen molar-refractivity contribution < 1.29 is 23.7 Å². The number of hydrogen-bond acceptors (Lipinski definition) is 6. The predicted molar refractivity (Wildman–Crippen MR) is 71.6 cm³/mol. The molecule has 0 aromatic carbocycles. The Morgan fingerprint density at radius 2 is 1.80 bits per heavy atom. The van der Waals surface area contributed by atoms with Crippen LogP contribution in [0, 0.1) is 0 Å². The Hall–Kier alpha value is -0.240. The van der Waals surface area contributed by atoms with Gasteiger partial charge in [0.25, 0.3) is 0 Å². The van der Waals surface area contributed by atoms with E-state index < -0.39 is 0 Å². The van der Waals surface area contributed by atoms with Gasteiger partial charge in [0.15, 0.2) is 0 Å². The van der Waals surface area contributed by atoms with Gasteiger partial charge in [0.1, 0.15) is 18.3 Å². The van der Waals surface area contributed by atoms with E-state index in [1.807, 2.05) is 0 Å². The summed E-state index contributed by atoms with van der Waals surface area (Å²) in [5.41, 5.74) is 5.89. The fraction of sp³-hybridized carbons (Fsp3) is 1.00. The quantitative estimate of drug-likeness (QED) is 0.573. The minimum absolute atomic E-state index is 0.0326. The van der Waals surface area contributed by atoms with E-state index >= 15 is 0 Å². The Morgan fingerprint density at radius 3 is 2.45 bits per heavy atom. The Bertz CT molecular complexity index is 295. The lowest BCUT2D eigenvalue weighted by Crippen LogP contribution is -2.30. The van der Waals surface area contributed by atoms with Crippen molar-refractivity contribution >= 4 is 0 Å². The smallest absolute Gasteiger partial charge is 0.104 e. The summed E-state index contributed by atoms with van der Waals surface area (Å²) >= 11 is 0. The van der Waals surface area contributed by atoms with Crippen molar-refractivity contribution in [2.45, 2.75) is 49.7 Å². The van der Waals surface area contributed by atoms with Crippen LogP contribution in [0.15, 0.2) is 0 Å². The van der Waals surface area contributed by atoms with Gasteiger partial charge in [-0.1, -0.05) is 0 Å². The van der Waals surface area contributed by atoms with Gasteiger partial charge >= 0.3 is 0 Å². The molecule has 0 aromatic heterocycles. The standard InChI is InChI=1S/C14H25NO5/c15-10-1-2-11(3-10)17-6-12(19-8-14-9-20-14)4-16-5-13-7-18-13/h10-14H,1-9,15H2. The van der Waals surface area contributed by atoms with Crippen LogP contribution in [-0.4, -0.2) is 70.1 Å². The zero-order valence-corrected chi connectivity index (χ0v) is 11.9. The second-order valence-electron chi connectivity index (χ2n) is 5.93. The van der Waals surface area contributed by atoms with E-state index in [-0.39, 0.29) is 24.4 Å².